The molecule has 0 aliphatic heterocycles. The van der Waals surface area contributed by atoms with E-state index in [0.717, 1.165) is 16.6 Å². The van der Waals surface area contributed by atoms with Gasteiger partial charge in [-0.25, -0.2) is 4.39 Å². The highest BCUT2D eigenvalue weighted by atomic mass is 79.9. The second-order valence-corrected chi connectivity index (χ2v) is 6.18. The largest absolute Gasteiger partial charge is 0.378 e. The van der Waals surface area contributed by atoms with Crippen LogP contribution in [0.4, 0.5) is 10.1 Å². The topological polar surface area (TPSA) is 15.3 Å². The Bertz CT molecular complexity index is 596. The van der Waals surface area contributed by atoms with Gasteiger partial charge in [0.25, 0.3) is 0 Å². The molecule has 2 aromatic carbocycles. The van der Waals surface area contributed by atoms with E-state index in [1.807, 2.05) is 20.2 Å². The molecule has 0 aromatic heterocycles. The molecule has 1 unspecified atom stereocenters. The van der Waals surface area contributed by atoms with Crippen LogP contribution in [-0.2, 0) is 6.54 Å². The molecule has 0 bridgehead atoms. The maximum atomic E-state index is 13.1. The number of nitrogens with one attached hydrogen (secondary N) is 1. The van der Waals surface area contributed by atoms with Crippen molar-refractivity contribution < 1.29 is 4.39 Å². The molecule has 0 aliphatic carbocycles. The Morgan fingerprint density at radius 1 is 1.14 bits per heavy atom. The standard InChI is InChI=1S/C17H20BrFN2/c1-12(16-9-6-14(19)10-17(16)18)20-11-13-4-7-15(8-5-13)21(2)3/h4-10,12,20H,11H2,1-3H3. The number of hydrogen-bond acceptors (Lipinski definition) is 2. The van der Waals surface area contributed by atoms with Gasteiger partial charge in [-0.2, -0.15) is 0 Å². The van der Waals surface area contributed by atoms with Gasteiger partial charge in [-0.05, 0) is 42.3 Å². The molecule has 0 heterocycles. The average Bonchev–Trinajstić information content (AvgIpc) is 2.45. The minimum absolute atomic E-state index is 0.147. The average molecular weight is 351 g/mol. The Kier molecular flexibility index (Phi) is 5.37. The quantitative estimate of drug-likeness (QED) is 0.853. The molecule has 0 aliphatic rings. The highest BCUT2D eigenvalue weighted by molar-refractivity contribution is 9.10. The molecule has 0 saturated heterocycles. The molecule has 112 valence electrons. The van der Waals surface area contributed by atoms with E-state index in [1.165, 1.54) is 23.4 Å². The second-order valence-electron chi connectivity index (χ2n) is 5.33. The Balaban J connectivity index is 1.98. The van der Waals surface area contributed by atoms with Crippen LogP contribution >= 0.6 is 15.9 Å². The molecular weight excluding hydrogens is 331 g/mol. The Labute approximate surface area is 134 Å². The summed E-state index contributed by atoms with van der Waals surface area (Å²) in [6.45, 7) is 2.85. The molecule has 2 aromatic rings. The van der Waals surface area contributed by atoms with Gasteiger partial charge in [-0.3, -0.25) is 0 Å². The molecule has 4 heteroatoms. The van der Waals surface area contributed by atoms with Crippen LogP contribution in [0.15, 0.2) is 46.9 Å². The number of hydrogen-bond donors (Lipinski definition) is 1. The van der Waals surface area contributed by atoms with Crippen molar-refractivity contribution in [3.05, 3.63) is 63.9 Å². The van der Waals surface area contributed by atoms with Gasteiger partial charge in [-0.15, -0.1) is 0 Å². The summed E-state index contributed by atoms with van der Waals surface area (Å²) in [5, 5.41) is 3.46. The first-order chi connectivity index (χ1) is 9.97. The summed E-state index contributed by atoms with van der Waals surface area (Å²) in [5.74, 6) is -0.225. The van der Waals surface area contributed by atoms with Crippen LogP contribution in [0.25, 0.3) is 0 Å². The van der Waals surface area contributed by atoms with E-state index >= 15 is 0 Å². The van der Waals surface area contributed by atoms with Crippen molar-refractivity contribution in [1.82, 2.24) is 5.32 Å². The Morgan fingerprint density at radius 3 is 2.38 bits per heavy atom. The van der Waals surface area contributed by atoms with Crippen molar-refractivity contribution in [2.45, 2.75) is 19.5 Å². The first kappa shape index (κ1) is 16.0. The predicted molar refractivity (Wildman–Crippen MR) is 90.1 cm³/mol. The van der Waals surface area contributed by atoms with Gasteiger partial charge in [0.1, 0.15) is 5.82 Å². The summed E-state index contributed by atoms with van der Waals surface area (Å²) >= 11 is 3.41. The first-order valence-electron chi connectivity index (χ1n) is 6.92. The third-order valence-electron chi connectivity index (χ3n) is 3.49. The summed E-state index contributed by atoms with van der Waals surface area (Å²) < 4.78 is 13.9. The van der Waals surface area contributed by atoms with E-state index in [-0.39, 0.29) is 11.9 Å². The highest BCUT2D eigenvalue weighted by Crippen LogP contribution is 2.24. The van der Waals surface area contributed by atoms with Crippen molar-refractivity contribution in [3.8, 4) is 0 Å². The van der Waals surface area contributed by atoms with Crippen LogP contribution in [0.5, 0.6) is 0 Å². The summed E-state index contributed by atoms with van der Waals surface area (Å²) in [5.41, 5.74) is 3.47. The van der Waals surface area contributed by atoms with Crippen molar-refractivity contribution in [1.29, 1.82) is 0 Å². The summed E-state index contributed by atoms with van der Waals surface area (Å²) in [6.07, 6.45) is 0. The number of benzene rings is 2. The van der Waals surface area contributed by atoms with Gasteiger partial charge in [-0.1, -0.05) is 34.1 Å². The third-order valence-corrected chi connectivity index (χ3v) is 4.18. The van der Waals surface area contributed by atoms with Crippen molar-refractivity contribution >= 4 is 21.6 Å². The predicted octanol–water partition coefficient (Wildman–Crippen LogP) is 4.51. The zero-order valence-corrected chi connectivity index (χ0v) is 14.1. The van der Waals surface area contributed by atoms with E-state index in [1.54, 1.807) is 0 Å². The second kappa shape index (κ2) is 7.05. The lowest BCUT2D eigenvalue weighted by atomic mass is 10.1. The van der Waals surface area contributed by atoms with Gasteiger partial charge >= 0.3 is 0 Å². The minimum Gasteiger partial charge on any atom is -0.378 e. The molecular formula is C17H20BrFN2. The number of halogens is 2. The molecule has 0 radical (unpaired) electrons. The van der Waals surface area contributed by atoms with E-state index in [4.69, 9.17) is 0 Å². The fraction of sp³-hybridized carbons (Fsp3) is 0.294. The van der Waals surface area contributed by atoms with E-state index < -0.39 is 0 Å². The smallest absolute Gasteiger partial charge is 0.124 e. The van der Waals surface area contributed by atoms with E-state index in [9.17, 15) is 4.39 Å². The molecule has 21 heavy (non-hydrogen) atoms. The van der Waals surface area contributed by atoms with Gasteiger partial charge in [0.15, 0.2) is 0 Å². The monoisotopic (exact) mass is 350 g/mol. The first-order valence-corrected chi connectivity index (χ1v) is 7.71. The van der Waals surface area contributed by atoms with E-state index in [2.05, 4.69) is 57.3 Å². The van der Waals surface area contributed by atoms with Crippen molar-refractivity contribution in [2.75, 3.05) is 19.0 Å². The lowest BCUT2D eigenvalue weighted by Gasteiger charge is -2.17. The van der Waals surface area contributed by atoms with Crippen molar-refractivity contribution in [3.63, 3.8) is 0 Å². The molecule has 0 spiro atoms. The lowest BCUT2D eigenvalue weighted by molar-refractivity contribution is 0.568. The fourth-order valence-corrected chi connectivity index (χ4v) is 2.84. The maximum absolute atomic E-state index is 13.1. The zero-order valence-electron chi connectivity index (χ0n) is 12.5. The van der Waals surface area contributed by atoms with Crippen LogP contribution in [0.2, 0.25) is 0 Å². The molecule has 1 atom stereocenters. The Morgan fingerprint density at radius 2 is 1.81 bits per heavy atom. The minimum atomic E-state index is -0.225. The van der Waals surface area contributed by atoms with Gasteiger partial charge in [0.2, 0.25) is 0 Å². The highest BCUT2D eigenvalue weighted by Gasteiger charge is 2.09. The van der Waals surface area contributed by atoms with Crippen LogP contribution in [0, 0.1) is 5.82 Å². The van der Waals surface area contributed by atoms with Gasteiger partial charge in [0, 0.05) is 36.8 Å². The fourth-order valence-electron chi connectivity index (χ4n) is 2.15. The van der Waals surface area contributed by atoms with Gasteiger partial charge < -0.3 is 10.2 Å². The van der Waals surface area contributed by atoms with Crippen LogP contribution in [0.1, 0.15) is 24.1 Å². The number of rotatable bonds is 5. The summed E-state index contributed by atoms with van der Waals surface area (Å²) in [6, 6.07) is 13.4. The molecule has 2 nitrogen and oxygen atoms in total. The van der Waals surface area contributed by atoms with Crippen LogP contribution < -0.4 is 10.2 Å². The number of anilines is 1. The third kappa shape index (κ3) is 4.29. The van der Waals surface area contributed by atoms with E-state index in [0.29, 0.717) is 0 Å². The van der Waals surface area contributed by atoms with Crippen LogP contribution in [0.3, 0.4) is 0 Å². The molecule has 0 fully saturated rings. The molecule has 0 amide bonds. The summed E-state index contributed by atoms with van der Waals surface area (Å²) in [7, 11) is 4.06. The normalized spacial score (nSPS) is 12.2. The van der Waals surface area contributed by atoms with Crippen molar-refractivity contribution in [2.24, 2.45) is 0 Å². The summed E-state index contributed by atoms with van der Waals surface area (Å²) in [4.78, 5) is 2.08. The molecule has 0 saturated carbocycles. The van der Waals surface area contributed by atoms with Crippen LogP contribution in [-0.4, -0.2) is 14.1 Å². The maximum Gasteiger partial charge on any atom is 0.124 e. The zero-order chi connectivity index (χ0) is 15.4. The molecule has 1 N–H and O–H groups in total. The number of nitrogens with zero attached hydrogens (tertiary/aromatic N) is 1. The molecule has 2 rings (SSSR count). The Hall–Kier alpha value is -1.39. The lowest BCUT2D eigenvalue weighted by Crippen LogP contribution is -2.18. The van der Waals surface area contributed by atoms with Gasteiger partial charge in [0.05, 0.1) is 0 Å². The SMILES string of the molecule is CC(NCc1ccc(N(C)C)cc1)c1ccc(F)cc1Br.